The normalized spacial score (nSPS) is 14.3. The summed E-state index contributed by atoms with van der Waals surface area (Å²) in [5.41, 5.74) is 3.20. The van der Waals surface area contributed by atoms with E-state index in [1.54, 1.807) is 13.8 Å². The largest absolute Gasteiger partial charge is 0.463 e. The van der Waals surface area contributed by atoms with Gasteiger partial charge in [0.05, 0.1) is 30.3 Å². The average Bonchev–Trinajstić information content (AvgIpc) is 2.78. The van der Waals surface area contributed by atoms with E-state index in [9.17, 15) is 9.59 Å². The van der Waals surface area contributed by atoms with Crippen LogP contribution >= 0.6 is 0 Å². The molecule has 1 aliphatic heterocycles. The number of carbonyl (C=O) groups excluding carboxylic acids is 2. The Morgan fingerprint density at radius 2 is 1.42 bits per heavy atom. The summed E-state index contributed by atoms with van der Waals surface area (Å²) in [6.45, 7) is 10.9. The molecule has 0 saturated heterocycles. The molecule has 2 heterocycles. The number of aromatic nitrogens is 1. The molecule has 0 radical (unpaired) electrons. The Kier molecular flexibility index (Phi) is 11.1. The van der Waals surface area contributed by atoms with E-state index in [1.165, 1.54) is 38.5 Å². The van der Waals surface area contributed by atoms with Crippen LogP contribution in [-0.2, 0) is 25.6 Å². The summed E-state index contributed by atoms with van der Waals surface area (Å²) >= 11 is 0. The Bertz CT molecular complexity index is 833. The van der Waals surface area contributed by atoms with Crippen molar-refractivity contribution in [3.05, 3.63) is 52.6 Å². The van der Waals surface area contributed by atoms with Crippen molar-refractivity contribution in [3.63, 3.8) is 0 Å². The number of ether oxygens (including phenoxy) is 2. The predicted molar refractivity (Wildman–Crippen MR) is 129 cm³/mol. The Balaban J connectivity index is 2.29. The summed E-state index contributed by atoms with van der Waals surface area (Å²) in [6.07, 6.45) is 12.9. The standard InChI is InChI=1S/C27H40N2O4/c1-6-9-10-11-12-13-14-17-29-18-15-16-22(19-29)25-23(26(30)32-7-2)20(4)28-21(5)24(25)27(31)33-8-3/h15-16,18-19,25H,6-14,17H2,1-5H3/p+1. The van der Waals surface area contributed by atoms with E-state index in [-0.39, 0.29) is 13.2 Å². The first-order valence-corrected chi connectivity index (χ1v) is 12.5. The SMILES string of the molecule is CCCCCCCCC[n+]1cccc(C2C(C(=O)OCC)=C(C)NC(C)=C2C(=O)OCC)c1. The third-order valence-electron chi connectivity index (χ3n) is 5.99. The zero-order valence-electron chi connectivity index (χ0n) is 21.0. The van der Waals surface area contributed by atoms with Crippen LogP contribution in [0.15, 0.2) is 47.1 Å². The van der Waals surface area contributed by atoms with Crippen molar-refractivity contribution in [2.24, 2.45) is 0 Å². The van der Waals surface area contributed by atoms with E-state index in [1.807, 2.05) is 38.4 Å². The molecule has 6 heteroatoms. The van der Waals surface area contributed by atoms with Crippen molar-refractivity contribution in [2.75, 3.05) is 13.2 Å². The van der Waals surface area contributed by atoms with Gasteiger partial charge in [0.15, 0.2) is 12.4 Å². The molecule has 0 atom stereocenters. The summed E-state index contributed by atoms with van der Waals surface area (Å²) in [7, 11) is 0. The second kappa shape index (κ2) is 13.8. The number of hydrogen-bond donors (Lipinski definition) is 1. The number of hydrogen-bond acceptors (Lipinski definition) is 5. The maximum Gasteiger partial charge on any atom is 0.336 e. The van der Waals surface area contributed by atoms with E-state index in [2.05, 4.69) is 16.8 Å². The number of unbranched alkanes of at least 4 members (excludes halogenated alkanes) is 6. The van der Waals surface area contributed by atoms with Gasteiger partial charge in [0, 0.05) is 29.4 Å². The van der Waals surface area contributed by atoms with Crippen LogP contribution in [-0.4, -0.2) is 25.2 Å². The fraction of sp³-hybridized carbons (Fsp3) is 0.593. The van der Waals surface area contributed by atoms with Gasteiger partial charge in [-0.05, 0) is 40.2 Å². The minimum atomic E-state index is -0.536. The van der Waals surface area contributed by atoms with Gasteiger partial charge in [-0.3, -0.25) is 0 Å². The van der Waals surface area contributed by atoms with E-state index in [0.29, 0.717) is 22.5 Å². The topological polar surface area (TPSA) is 68.5 Å². The van der Waals surface area contributed by atoms with Gasteiger partial charge in [-0.2, -0.15) is 0 Å². The monoisotopic (exact) mass is 457 g/mol. The molecular weight excluding hydrogens is 416 g/mol. The number of pyridine rings is 1. The molecule has 33 heavy (non-hydrogen) atoms. The number of rotatable bonds is 13. The van der Waals surface area contributed by atoms with Gasteiger partial charge in [0.1, 0.15) is 6.54 Å². The molecule has 0 fully saturated rings. The van der Waals surface area contributed by atoms with E-state index in [0.717, 1.165) is 18.5 Å². The maximum absolute atomic E-state index is 12.9. The Labute approximate surface area is 199 Å². The van der Waals surface area contributed by atoms with Gasteiger partial charge in [0.2, 0.25) is 0 Å². The quantitative estimate of drug-likeness (QED) is 0.254. The first-order chi connectivity index (χ1) is 15.9. The molecule has 182 valence electrons. The summed E-state index contributed by atoms with van der Waals surface area (Å²) in [4.78, 5) is 25.9. The molecule has 1 N–H and O–H groups in total. The molecule has 2 rings (SSSR count). The zero-order chi connectivity index (χ0) is 24.2. The third kappa shape index (κ3) is 7.44. The molecule has 1 aromatic heterocycles. The van der Waals surface area contributed by atoms with Gasteiger partial charge in [-0.1, -0.05) is 39.0 Å². The van der Waals surface area contributed by atoms with Crippen LogP contribution in [0.1, 0.15) is 91.0 Å². The Morgan fingerprint density at radius 3 is 1.97 bits per heavy atom. The Hall–Kier alpha value is -2.63. The fourth-order valence-electron chi connectivity index (χ4n) is 4.39. The van der Waals surface area contributed by atoms with Crippen LogP contribution < -0.4 is 9.88 Å². The lowest BCUT2D eigenvalue weighted by atomic mass is 9.81. The van der Waals surface area contributed by atoms with Crippen LogP contribution in [0.5, 0.6) is 0 Å². The summed E-state index contributed by atoms with van der Waals surface area (Å²) in [6, 6.07) is 3.95. The fourth-order valence-corrected chi connectivity index (χ4v) is 4.39. The number of aryl methyl sites for hydroxylation is 1. The summed E-state index contributed by atoms with van der Waals surface area (Å²) in [5.74, 6) is -1.36. The third-order valence-corrected chi connectivity index (χ3v) is 5.99. The van der Waals surface area contributed by atoms with E-state index in [4.69, 9.17) is 9.47 Å². The highest BCUT2D eigenvalue weighted by atomic mass is 16.5. The smallest absolute Gasteiger partial charge is 0.336 e. The van der Waals surface area contributed by atoms with Crippen molar-refractivity contribution in [2.45, 2.75) is 92.0 Å². The molecule has 0 spiro atoms. The molecule has 0 saturated carbocycles. The van der Waals surface area contributed by atoms with Crippen molar-refractivity contribution < 1.29 is 23.6 Å². The second-order valence-corrected chi connectivity index (χ2v) is 8.57. The van der Waals surface area contributed by atoms with E-state index < -0.39 is 17.9 Å². The first kappa shape index (κ1) is 26.6. The summed E-state index contributed by atoms with van der Waals surface area (Å²) < 4.78 is 12.9. The van der Waals surface area contributed by atoms with Gasteiger partial charge in [0.25, 0.3) is 0 Å². The number of esters is 2. The van der Waals surface area contributed by atoms with Crippen LogP contribution in [0.4, 0.5) is 0 Å². The lowest BCUT2D eigenvalue weighted by Gasteiger charge is -2.29. The van der Waals surface area contributed by atoms with Crippen molar-refractivity contribution in [3.8, 4) is 0 Å². The average molecular weight is 458 g/mol. The molecule has 0 amide bonds. The van der Waals surface area contributed by atoms with E-state index >= 15 is 0 Å². The predicted octanol–water partition coefficient (Wildman–Crippen LogP) is 5.09. The molecular formula is C27H41N2O4+. The minimum Gasteiger partial charge on any atom is -0.463 e. The summed E-state index contributed by atoms with van der Waals surface area (Å²) in [5, 5.41) is 3.19. The second-order valence-electron chi connectivity index (χ2n) is 8.57. The van der Waals surface area contributed by atoms with Crippen LogP contribution in [0.25, 0.3) is 0 Å². The number of nitrogens with one attached hydrogen (secondary N) is 1. The highest BCUT2D eigenvalue weighted by Gasteiger charge is 2.38. The van der Waals surface area contributed by atoms with Gasteiger partial charge in [-0.15, -0.1) is 0 Å². The molecule has 0 aliphatic carbocycles. The van der Waals surface area contributed by atoms with Crippen LogP contribution in [0.3, 0.4) is 0 Å². The minimum absolute atomic E-state index is 0.271. The zero-order valence-corrected chi connectivity index (χ0v) is 21.0. The van der Waals surface area contributed by atoms with Gasteiger partial charge < -0.3 is 14.8 Å². The number of allylic oxidation sites excluding steroid dienone is 2. The molecule has 1 aromatic rings. The lowest BCUT2D eigenvalue weighted by molar-refractivity contribution is -0.697. The number of carbonyl (C=O) groups is 2. The van der Waals surface area contributed by atoms with Crippen molar-refractivity contribution in [1.82, 2.24) is 5.32 Å². The number of dihydropyridines is 1. The highest BCUT2D eigenvalue weighted by molar-refractivity contribution is 5.99. The van der Waals surface area contributed by atoms with Crippen LogP contribution in [0, 0.1) is 0 Å². The molecule has 0 bridgehead atoms. The van der Waals surface area contributed by atoms with Gasteiger partial charge in [-0.25, -0.2) is 14.2 Å². The lowest BCUT2D eigenvalue weighted by Crippen LogP contribution is -2.36. The Morgan fingerprint density at radius 1 is 0.879 bits per heavy atom. The van der Waals surface area contributed by atoms with Gasteiger partial charge >= 0.3 is 11.9 Å². The number of nitrogens with zero attached hydrogens (tertiary/aromatic N) is 1. The molecule has 6 nitrogen and oxygen atoms in total. The molecule has 1 aliphatic rings. The van der Waals surface area contributed by atoms with Crippen LogP contribution in [0.2, 0.25) is 0 Å². The highest BCUT2D eigenvalue weighted by Crippen LogP contribution is 2.38. The molecule has 0 aromatic carbocycles. The molecule has 0 unspecified atom stereocenters. The van der Waals surface area contributed by atoms with Crippen molar-refractivity contribution >= 4 is 11.9 Å². The first-order valence-electron chi connectivity index (χ1n) is 12.5. The van der Waals surface area contributed by atoms with Crippen molar-refractivity contribution in [1.29, 1.82) is 0 Å². The maximum atomic E-state index is 12.9.